The van der Waals surface area contributed by atoms with Gasteiger partial charge in [0.15, 0.2) is 0 Å². The predicted molar refractivity (Wildman–Crippen MR) is 88.9 cm³/mol. The number of anilines is 1. The first-order valence-electron chi connectivity index (χ1n) is 6.84. The number of sulfonamides is 1. The van der Waals surface area contributed by atoms with E-state index in [-0.39, 0.29) is 10.3 Å². The summed E-state index contributed by atoms with van der Waals surface area (Å²) in [5.41, 5.74) is 1.31. The molecule has 7 heteroatoms. The SMILES string of the molecule is Cc1c(Cl)cccc1NS(=O)(=O)c1cn(C)nc1C(C)(C)C. The van der Waals surface area contributed by atoms with Crippen molar-refractivity contribution in [1.82, 2.24) is 9.78 Å². The smallest absolute Gasteiger partial charge is 0.265 e. The molecule has 0 atom stereocenters. The molecule has 0 saturated carbocycles. The van der Waals surface area contributed by atoms with Crippen LogP contribution in [-0.2, 0) is 22.5 Å². The molecule has 1 heterocycles. The lowest BCUT2D eigenvalue weighted by molar-refractivity contribution is 0.539. The van der Waals surface area contributed by atoms with Gasteiger partial charge < -0.3 is 0 Å². The highest BCUT2D eigenvalue weighted by Crippen LogP contribution is 2.30. The second kappa shape index (κ2) is 5.59. The maximum absolute atomic E-state index is 12.7. The number of rotatable bonds is 3. The molecule has 0 bridgehead atoms. The lowest BCUT2D eigenvalue weighted by atomic mass is 9.92. The Morgan fingerprint density at radius 1 is 1.27 bits per heavy atom. The van der Waals surface area contributed by atoms with E-state index in [1.807, 2.05) is 20.8 Å². The van der Waals surface area contributed by atoms with Crippen LogP contribution in [0.25, 0.3) is 0 Å². The zero-order valence-electron chi connectivity index (χ0n) is 13.3. The number of aromatic nitrogens is 2. The number of halogens is 1. The number of nitrogens with one attached hydrogen (secondary N) is 1. The van der Waals surface area contributed by atoms with Gasteiger partial charge in [0, 0.05) is 23.7 Å². The highest BCUT2D eigenvalue weighted by Gasteiger charge is 2.29. The van der Waals surface area contributed by atoms with Crippen LogP contribution in [0.1, 0.15) is 32.0 Å². The van der Waals surface area contributed by atoms with E-state index in [0.717, 1.165) is 0 Å². The zero-order chi connectivity index (χ0) is 16.7. The van der Waals surface area contributed by atoms with Crippen LogP contribution in [0.5, 0.6) is 0 Å². The van der Waals surface area contributed by atoms with Gasteiger partial charge >= 0.3 is 0 Å². The van der Waals surface area contributed by atoms with E-state index in [9.17, 15) is 8.42 Å². The average Bonchev–Trinajstić information content (AvgIpc) is 2.78. The van der Waals surface area contributed by atoms with E-state index >= 15 is 0 Å². The minimum Gasteiger partial charge on any atom is -0.279 e. The van der Waals surface area contributed by atoms with Crippen molar-refractivity contribution in [3.8, 4) is 0 Å². The molecule has 0 aliphatic carbocycles. The van der Waals surface area contributed by atoms with Crippen LogP contribution >= 0.6 is 11.6 Å². The minimum atomic E-state index is -3.74. The Balaban J connectivity index is 2.50. The van der Waals surface area contributed by atoms with Crippen LogP contribution in [0.4, 0.5) is 5.69 Å². The van der Waals surface area contributed by atoms with Gasteiger partial charge in [0.05, 0.1) is 11.4 Å². The Morgan fingerprint density at radius 3 is 2.50 bits per heavy atom. The number of benzene rings is 1. The van der Waals surface area contributed by atoms with Crippen LogP contribution in [0.3, 0.4) is 0 Å². The highest BCUT2D eigenvalue weighted by atomic mass is 35.5. The third-order valence-electron chi connectivity index (χ3n) is 3.31. The summed E-state index contributed by atoms with van der Waals surface area (Å²) >= 11 is 6.05. The number of nitrogens with zero attached hydrogens (tertiary/aromatic N) is 2. The van der Waals surface area contributed by atoms with Gasteiger partial charge in [-0.2, -0.15) is 5.10 Å². The van der Waals surface area contributed by atoms with Crippen LogP contribution in [-0.4, -0.2) is 18.2 Å². The van der Waals surface area contributed by atoms with E-state index in [4.69, 9.17) is 11.6 Å². The molecule has 2 aromatic rings. The number of aryl methyl sites for hydroxylation is 1. The molecule has 1 aromatic heterocycles. The molecule has 5 nitrogen and oxygen atoms in total. The van der Waals surface area contributed by atoms with Crippen molar-refractivity contribution in [2.24, 2.45) is 7.05 Å². The number of hydrogen-bond donors (Lipinski definition) is 1. The Bertz CT molecular complexity index is 805. The van der Waals surface area contributed by atoms with Crippen LogP contribution in [0.15, 0.2) is 29.3 Å². The first kappa shape index (κ1) is 16.8. The fraction of sp³-hybridized carbons (Fsp3) is 0.400. The third kappa shape index (κ3) is 3.28. The lowest BCUT2D eigenvalue weighted by Crippen LogP contribution is -2.20. The van der Waals surface area contributed by atoms with Crippen LogP contribution in [0.2, 0.25) is 5.02 Å². The molecule has 0 unspecified atom stereocenters. The van der Waals surface area contributed by atoms with Gasteiger partial charge in [0.25, 0.3) is 10.0 Å². The second-order valence-corrected chi connectivity index (χ2v) is 8.34. The number of hydrogen-bond acceptors (Lipinski definition) is 3. The van der Waals surface area contributed by atoms with Crippen LogP contribution in [0, 0.1) is 6.92 Å². The molecule has 0 aliphatic heterocycles. The molecule has 2 rings (SSSR count). The summed E-state index contributed by atoms with van der Waals surface area (Å²) in [7, 11) is -2.03. The molecular formula is C15H20ClN3O2S. The van der Waals surface area contributed by atoms with Gasteiger partial charge in [-0.05, 0) is 24.6 Å². The van der Waals surface area contributed by atoms with E-state index in [1.54, 1.807) is 32.2 Å². The second-order valence-electron chi connectivity index (χ2n) is 6.28. The van der Waals surface area contributed by atoms with Gasteiger partial charge in [0.2, 0.25) is 0 Å². The van der Waals surface area contributed by atoms with Gasteiger partial charge in [-0.25, -0.2) is 8.42 Å². The first-order chi connectivity index (χ1) is 10.0. The van der Waals surface area contributed by atoms with E-state index in [2.05, 4.69) is 9.82 Å². The lowest BCUT2D eigenvalue weighted by Gasteiger charge is -2.18. The molecule has 0 aliphatic rings. The fourth-order valence-electron chi connectivity index (χ4n) is 2.10. The molecule has 0 radical (unpaired) electrons. The Hall–Kier alpha value is -1.53. The molecule has 1 N–H and O–H groups in total. The first-order valence-corrected chi connectivity index (χ1v) is 8.70. The quantitative estimate of drug-likeness (QED) is 0.929. The Morgan fingerprint density at radius 2 is 1.91 bits per heavy atom. The fourth-order valence-corrected chi connectivity index (χ4v) is 3.79. The van der Waals surface area contributed by atoms with E-state index in [0.29, 0.717) is 22.0 Å². The van der Waals surface area contributed by atoms with Crippen molar-refractivity contribution in [1.29, 1.82) is 0 Å². The van der Waals surface area contributed by atoms with Crippen LogP contribution < -0.4 is 4.72 Å². The summed E-state index contributed by atoms with van der Waals surface area (Å²) in [5, 5.41) is 4.82. The van der Waals surface area contributed by atoms with E-state index in [1.165, 1.54) is 10.9 Å². The highest BCUT2D eigenvalue weighted by molar-refractivity contribution is 7.92. The summed E-state index contributed by atoms with van der Waals surface area (Å²) in [5.74, 6) is 0. The summed E-state index contributed by atoms with van der Waals surface area (Å²) < 4.78 is 29.6. The van der Waals surface area contributed by atoms with Crippen molar-refractivity contribution in [3.63, 3.8) is 0 Å². The maximum atomic E-state index is 12.7. The molecule has 1 aromatic carbocycles. The molecule has 0 fully saturated rings. The van der Waals surface area contributed by atoms with Gasteiger partial charge in [0.1, 0.15) is 4.90 Å². The zero-order valence-corrected chi connectivity index (χ0v) is 14.9. The molecular weight excluding hydrogens is 322 g/mol. The van der Waals surface area contributed by atoms with Crippen molar-refractivity contribution in [2.75, 3.05) is 4.72 Å². The topological polar surface area (TPSA) is 64.0 Å². The normalized spacial score (nSPS) is 12.5. The maximum Gasteiger partial charge on any atom is 0.265 e. The Labute approximate surface area is 136 Å². The average molecular weight is 342 g/mol. The molecule has 22 heavy (non-hydrogen) atoms. The van der Waals surface area contributed by atoms with Crippen molar-refractivity contribution in [2.45, 2.75) is 38.0 Å². The summed E-state index contributed by atoms with van der Waals surface area (Å²) in [6, 6.07) is 5.12. The molecule has 0 spiro atoms. The van der Waals surface area contributed by atoms with Crippen molar-refractivity contribution in [3.05, 3.63) is 40.7 Å². The summed E-state index contributed by atoms with van der Waals surface area (Å²) in [6.45, 7) is 7.56. The standard InChI is InChI=1S/C15H20ClN3O2S/c1-10-11(16)7-6-8-12(10)18-22(20,21)13-9-19(5)17-14(13)15(2,3)4/h6-9,18H,1-5H3. The third-order valence-corrected chi connectivity index (χ3v) is 5.08. The minimum absolute atomic E-state index is 0.182. The molecule has 120 valence electrons. The summed E-state index contributed by atoms with van der Waals surface area (Å²) in [4.78, 5) is 0.182. The van der Waals surface area contributed by atoms with E-state index < -0.39 is 10.0 Å². The largest absolute Gasteiger partial charge is 0.279 e. The molecule has 0 amide bonds. The van der Waals surface area contributed by atoms with Gasteiger partial charge in [-0.3, -0.25) is 9.40 Å². The Kier molecular flexibility index (Phi) is 4.28. The van der Waals surface area contributed by atoms with Crippen molar-refractivity contribution < 1.29 is 8.42 Å². The molecule has 0 saturated heterocycles. The van der Waals surface area contributed by atoms with Gasteiger partial charge in [-0.1, -0.05) is 38.4 Å². The van der Waals surface area contributed by atoms with Crippen molar-refractivity contribution >= 4 is 27.3 Å². The monoisotopic (exact) mass is 341 g/mol. The summed E-state index contributed by atoms with van der Waals surface area (Å²) in [6.07, 6.45) is 1.52. The van der Waals surface area contributed by atoms with Gasteiger partial charge in [-0.15, -0.1) is 0 Å². The predicted octanol–water partition coefficient (Wildman–Crippen LogP) is 3.48.